The van der Waals surface area contributed by atoms with Crippen molar-refractivity contribution in [2.75, 3.05) is 0 Å². The molecule has 0 aromatic heterocycles. The van der Waals surface area contributed by atoms with Crippen molar-refractivity contribution < 1.29 is 4.74 Å². The average molecular weight is 215 g/mol. The summed E-state index contributed by atoms with van der Waals surface area (Å²) >= 11 is 0. The molecular formula is C13H32BO. The summed E-state index contributed by atoms with van der Waals surface area (Å²) in [5.41, 5.74) is 0. The topological polar surface area (TPSA) is 9.23 Å². The third kappa shape index (κ3) is 7.90. The molecule has 1 nitrogen and oxygen atoms in total. The predicted molar refractivity (Wildman–Crippen MR) is 73.5 cm³/mol. The quantitative estimate of drug-likeness (QED) is 0.545. The van der Waals surface area contributed by atoms with Crippen molar-refractivity contribution in [1.82, 2.24) is 0 Å². The van der Waals surface area contributed by atoms with Crippen LogP contribution in [0.2, 0.25) is 0 Å². The Hall–Kier alpha value is 0.0249. The molecule has 0 amide bonds. The molecule has 4 atom stereocenters. The Morgan fingerprint density at radius 1 is 0.667 bits per heavy atom. The van der Waals surface area contributed by atoms with E-state index in [2.05, 4.69) is 27.7 Å². The Morgan fingerprint density at radius 3 is 0.933 bits per heavy atom. The molecule has 0 aromatic rings. The van der Waals surface area contributed by atoms with Gasteiger partial charge < -0.3 is 4.74 Å². The fourth-order valence-electron chi connectivity index (χ4n) is 1.44. The highest BCUT2D eigenvalue weighted by molar-refractivity contribution is 5.75. The number of rotatable bonds is 0. The van der Waals surface area contributed by atoms with Gasteiger partial charge in [-0.1, -0.05) is 49.0 Å². The van der Waals surface area contributed by atoms with Crippen molar-refractivity contribution in [2.45, 2.75) is 75.0 Å². The second-order valence-electron chi connectivity index (χ2n) is 3.26. The van der Waals surface area contributed by atoms with Crippen LogP contribution in [-0.2, 0) is 4.74 Å². The fraction of sp³-hybridized carbons (Fsp3) is 1.00. The third-order valence-corrected chi connectivity index (χ3v) is 2.74. The van der Waals surface area contributed by atoms with E-state index < -0.39 is 0 Å². The van der Waals surface area contributed by atoms with Gasteiger partial charge in [0, 0.05) is 8.41 Å². The van der Waals surface area contributed by atoms with Crippen molar-refractivity contribution in [3.05, 3.63) is 0 Å². The highest BCUT2D eigenvalue weighted by atomic mass is 16.5. The molecule has 93 valence electrons. The first kappa shape index (κ1) is 24.3. The molecule has 15 heavy (non-hydrogen) atoms. The lowest BCUT2D eigenvalue weighted by molar-refractivity contribution is 0.0524. The smallest absolute Gasteiger partial charge is 0.0579 e. The Bertz CT molecular complexity index is 94.7. The second kappa shape index (κ2) is 14.0. The van der Waals surface area contributed by atoms with E-state index in [1.54, 1.807) is 0 Å². The zero-order valence-electron chi connectivity index (χ0n) is 11.3. The maximum Gasteiger partial charge on any atom is 0.0579 e. The molecule has 0 N–H and O–H groups in total. The van der Waals surface area contributed by atoms with Crippen LogP contribution < -0.4 is 0 Å². The van der Waals surface area contributed by atoms with Crippen LogP contribution in [0.25, 0.3) is 0 Å². The highest BCUT2D eigenvalue weighted by Gasteiger charge is 2.32. The van der Waals surface area contributed by atoms with Crippen LogP contribution in [0, 0.1) is 11.8 Å². The van der Waals surface area contributed by atoms with Crippen molar-refractivity contribution in [3.63, 3.8) is 0 Å². The van der Waals surface area contributed by atoms with Crippen LogP contribution in [0.5, 0.6) is 0 Å². The van der Waals surface area contributed by atoms with Crippen LogP contribution in [-0.4, -0.2) is 20.6 Å². The molecule has 4 unspecified atom stereocenters. The summed E-state index contributed by atoms with van der Waals surface area (Å²) in [5, 5.41) is 0. The molecule has 0 aliphatic carbocycles. The molecule has 1 aliphatic rings. The molecule has 3 radical (unpaired) electrons. The summed E-state index contributed by atoms with van der Waals surface area (Å²) in [4.78, 5) is 0. The molecule has 0 saturated carbocycles. The number of hydrogen-bond donors (Lipinski definition) is 0. The zero-order chi connectivity index (χ0) is 11.0. The molecule has 1 rings (SSSR count). The maximum absolute atomic E-state index is 5.59. The molecule has 0 aromatic carbocycles. The summed E-state index contributed by atoms with van der Waals surface area (Å²) in [6.07, 6.45) is 0.935. The van der Waals surface area contributed by atoms with Gasteiger partial charge in [0.25, 0.3) is 0 Å². The third-order valence-electron chi connectivity index (χ3n) is 2.74. The van der Waals surface area contributed by atoms with Gasteiger partial charge in [-0.05, 0) is 25.7 Å². The Balaban J connectivity index is -0.0000000910. The number of ether oxygens (including phenoxy) is 1. The van der Waals surface area contributed by atoms with E-state index in [9.17, 15) is 0 Å². The van der Waals surface area contributed by atoms with Crippen molar-refractivity contribution in [3.8, 4) is 0 Å². The van der Waals surface area contributed by atoms with Gasteiger partial charge in [-0.15, -0.1) is 0 Å². The van der Waals surface area contributed by atoms with Crippen LogP contribution in [0.15, 0.2) is 0 Å². The van der Waals surface area contributed by atoms with E-state index >= 15 is 0 Å². The summed E-state index contributed by atoms with van der Waals surface area (Å²) < 4.78 is 5.59. The van der Waals surface area contributed by atoms with E-state index in [1.807, 2.05) is 27.7 Å². The zero-order valence-corrected chi connectivity index (χ0v) is 11.3. The predicted octanol–water partition coefficient (Wildman–Crippen LogP) is 4.37. The minimum Gasteiger partial charge on any atom is -0.375 e. The van der Waals surface area contributed by atoms with E-state index in [1.165, 1.54) is 0 Å². The first-order valence-corrected chi connectivity index (χ1v) is 5.78. The summed E-state index contributed by atoms with van der Waals surface area (Å²) in [7, 11) is 0. The molecule has 1 heterocycles. The van der Waals surface area contributed by atoms with Gasteiger partial charge in [0.1, 0.15) is 0 Å². The van der Waals surface area contributed by atoms with Crippen LogP contribution in [0.4, 0.5) is 0 Å². The normalized spacial score (nSPS) is 32.0. The summed E-state index contributed by atoms with van der Waals surface area (Å²) in [6, 6.07) is 0. The number of hydrogen-bond acceptors (Lipinski definition) is 1. The van der Waals surface area contributed by atoms with Gasteiger partial charge in [-0.3, -0.25) is 0 Å². The lowest BCUT2D eigenvalue weighted by atomic mass is 9.92. The molecule has 0 spiro atoms. The Labute approximate surface area is 101 Å². The second-order valence-corrected chi connectivity index (χ2v) is 3.26. The maximum atomic E-state index is 5.59. The van der Waals surface area contributed by atoms with Crippen molar-refractivity contribution in [2.24, 2.45) is 11.8 Å². The Morgan fingerprint density at radius 2 is 0.867 bits per heavy atom. The molecule has 2 heteroatoms. The van der Waals surface area contributed by atoms with Gasteiger partial charge in [-0.25, -0.2) is 0 Å². The van der Waals surface area contributed by atoms with Gasteiger partial charge >= 0.3 is 0 Å². The largest absolute Gasteiger partial charge is 0.375 e. The Kier molecular flexibility index (Phi) is 22.7. The SMILES string of the molecule is C.CC.CC.CC1OC(C)C(C)C1C.[B]. The van der Waals surface area contributed by atoms with E-state index in [-0.39, 0.29) is 15.8 Å². The molecule has 0 bridgehead atoms. The average Bonchev–Trinajstić information content (AvgIpc) is 2.40. The minimum atomic E-state index is 0. The molecular weight excluding hydrogens is 183 g/mol. The van der Waals surface area contributed by atoms with E-state index in [0.717, 1.165) is 11.8 Å². The van der Waals surface area contributed by atoms with Crippen LogP contribution in [0.1, 0.15) is 62.8 Å². The first-order valence-electron chi connectivity index (χ1n) is 5.78. The molecule has 1 fully saturated rings. The monoisotopic (exact) mass is 215 g/mol. The lowest BCUT2D eigenvalue weighted by Crippen LogP contribution is -2.12. The highest BCUT2D eigenvalue weighted by Crippen LogP contribution is 2.30. The fourth-order valence-corrected chi connectivity index (χ4v) is 1.44. The van der Waals surface area contributed by atoms with Crippen LogP contribution in [0.3, 0.4) is 0 Å². The molecule has 1 saturated heterocycles. The standard InChI is InChI=1S/C8H16O.2C2H6.CH4.B/c1-5-6(2)8(4)9-7(5)3;2*1-2;;/h5-8H,1-4H3;2*1-2H3;1H4;. The van der Waals surface area contributed by atoms with Crippen molar-refractivity contribution in [1.29, 1.82) is 0 Å². The van der Waals surface area contributed by atoms with Gasteiger partial charge in [0.15, 0.2) is 0 Å². The molecule has 1 aliphatic heterocycles. The van der Waals surface area contributed by atoms with E-state index in [4.69, 9.17) is 4.74 Å². The minimum absolute atomic E-state index is 0. The van der Waals surface area contributed by atoms with Crippen LogP contribution >= 0.6 is 0 Å². The van der Waals surface area contributed by atoms with Gasteiger partial charge in [0.05, 0.1) is 12.2 Å². The van der Waals surface area contributed by atoms with Gasteiger partial charge in [0.2, 0.25) is 0 Å². The lowest BCUT2D eigenvalue weighted by Gasteiger charge is -2.10. The van der Waals surface area contributed by atoms with Gasteiger partial charge in [-0.2, -0.15) is 0 Å². The first-order chi connectivity index (χ1) is 6.13. The summed E-state index contributed by atoms with van der Waals surface area (Å²) in [5.74, 6) is 1.47. The van der Waals surface area contributed by atoms with E-state index in [0.29, 0.717) is 12.2 Å². The summed E-state index contributed by atoms with van der Waals surface area (Å²) in [6.45, 7) is 16.8. The van der Waals surface area contributed by atoms with Crippen molar-refractivity contribution >= 4 is 8.41 Å².